The molecule has 0 aliphatic carbocycles. The van der Waals surface area contributed by atoms with Gasteiger partial charge in [0, 0.05) is 12.1 Å². The van der Waals surface area contributed by atoms with Crippen molar-refractivity contribution in [3.63, 3.8) is 0 Å². The summed E-state index contributed by atoms with van der Waals surface area (Å²) >= 11 is 0. The van der Waals surface area contributed by atoms with Gasteiger partial charge in [0.2, 0.25) is 0 Å². The van der Waals surface area contributed by atoms with Crippen LogP contribution in [0.25, 0.3) is 0 Å². The summed E-state index contributed by atoms with van der Waals surface area (Å²) in [6, 6.07) is 5.93. The van der Waals surface area contributed by atoms with Gasteiger partial charge < -0.3 is 9.47 Å². The molecule has 1 aromatic carbocycles. The second-order valence-electron chi connectivity index (χ2n) is 8.24. The molecular formula is C20H27FN2O4. The monoisotopic (exact) mass is 378 g/mol. The highest BCUT2D eigenvalue weighted by atomic mass is 19.1. The fourth-order valence-corrected chi connectivity index (χ4v) is 2.27. The normalized spacial score (nSPS) is 11.8. The Bertz CT molecular complexity index is 697. The van der Waals surface area contributed by atoms with E-state index in [0.29, 0.717) is 0 Å². The molecule has 0 fully saturated rings. The van der Waals surface area contributed by atoms with Crippen molar-refractivity contribution < 1.29 is 23.5 Å². The summed E-state index contributed by atoms with van der Waals surface area (Å²) in [4.78, 5) is 25.8. The highest BCUT2D eigenvalue weighted by Gasteiger charge is 2.24. The molecule has 0 amide bonds. The molecule has 0 bridgehead atoms. The number of hydrogen-bond donors (Lipinski definition) is 0. The summed E-state index contributed by atoms with van der Waals surface area (Å²) in [5.41, 5.74) is -0.883. The van der Waals surface area contributed by atoms with Gasteiger partial charge in [-0.15, -0.1) is 0 Å². The van der Waals surface area contributed by atoms with E-state index in [9.17, 15) is 14.0 Å². The molecule has 0 saturated carbocycles. The summed E-state index contributed by atoms with van der Waals surface area (Å²) in [7, 11) is 0. The lowest BCUT2D eigenvalue weighted by atomic mass is 10.1. The lowest BCUT2D eigenvalue weighted by Gasteiger charge is -2.26. The summed E-state index contributed by atoms with van der Waals surface area (Å²) in [6.07, 6.45) is 0. The van der Waals surface area contributed by atoms with E-state index >= 15 is 0 Å². The quantitative estimate of drug-likeness (QED) is 0.708. The van der Waals surface area contributed by atoms with Crippen molar-refractivity contribution >= 4 is 11.9 Å². The zero-order chi connectivity index (χ0) is 20.8. The summed E-state index contributed by atoms with van der Waals surface area (Å²) in [5.74, 6) is -1.63. The number of nitriles is 1. The highest BCUT2D eigenvalue weighted by molar-refractivity contribution is 5.75. The van der Waals surface area contributed by atoms with Crippen LogP contribution in [0.1, 0.15) is 52.7 Å². The van der Waals surface area contributed by atoms with Crippen molar-refractivity contribution in [1.29, 1.82) is 5.26 Å². The molecule has 0 aromatic heterocycles. The van der Waals surface area contributed by atoms with Crippen LogP contribution in [0.15, 0.2) is 18.2 Å². The first-order valence-electron chi connectivity index (χ1n) is 8.63. The number of carbonyl (C=O) groups excluding carboxylic acids is 2. The number of rotatable bonds is 6. The highest BCUT2D eigenvalue weighted by Crippen LogP contribution is 2.15. The lowest BCUT2D eigenvalue weighted by molar-refractivity contribution is -0.160. The summed E-state index contributed by atoms with van der Waals surface area (Å²) in [5, 5.41) is 8.84. The third-order valence-electron chi connectivity index (χ3n) is 3.12. The van der Waals surface area contributed by atoms with E-state index in [1.54, 1.807) is 41.5 Å². The molecule has 1 rings (SSSR count). The van der Waals surface area contributed by atoms with Gasteiger partial charge in [0.05, 0.1) is 24.7 Å². The third-order valence-corrected chi connectivity index (χ3v) is 3.12. The van der Waals surface area contributed by atoms with Gasteiger partial charge in [-0.05, 0) is 53.7 Å². The minimum absolute atomic E-state index is 0.00394. The minimum Gasteiger partial charge on any atom is -0.459 e. The van der Waals surface area contributed by atoms with Crippen LogP contribution in [-0.4, -0.2) is 41.1 Å². The van der Waals surface area contributed by atoms with E-state index in [4.69, 9.17) is 14.7 Å². The van der Waals surface area contributed by atoms with Crippen LogP contribution in [0.2, 0.25) is 0 Å². The SMILES string of the molecule is CC(C)(C)OC(=O)CN(CC(=O)OC(C)(C)C)Cc1ccc(C#N)cc1F. The van der Waals surface area contributed by atoms with Crippen LogP contribution in [0.5, 0.6) is 0 Å². The van der Waals surface area contributed by atoms with Gasteiger partial charge in [-0.3, -0.25) is 14.5 Å². The molecule has 0 radical (unpaired) electrons. The Labute approximate surface area is 159 Å². The first-order valence-corrected chi connectivity index (χ1v) is 8.63. The topological polar surface area (TPSA) is 79.6 Å². The number of benzene rings is 1. The molecule has 7 heteroatoms. The van der Waals surface area contributed by atoms with Crippen LogP contribution in [-0.2, 0) is 25.6 Å². The Hall–Kier alpha value is -2.46. The number of carbonyl (C=O) groups is 2. The molecule has 27 heavy (non-hydrogen) atoms. The number of nitrogens with zero attached hydrogens (tertiary/aromatic N) is 2. The molecule has 0 saturated heterocycles. The summed E-state index contributed by atoms with van der Waals surface area (Å²) in [6.45, 7) is 10.0. The predicted molar refractivity (Wildman–Crippen MR) is 98.1 cm³/mol. The van der Waals surface area contributed by atoms with Crippen LogP contribution < -0.4 is 0 Å². The smallest absolute Gasteiger partial charge is 0.320 e. The number of ether oxygens (including phenoxy) is 2. The van der Waals surface area contributed by atoms with E-state index in [1.165, 1.54) is 17.0 Å². The average Bonchev–Trinajstić information content (AvgIpc) is 2.44. The van der Waals surface area contributed by atoms with E-state index in [-0.39, 0.29) is 30.8 Å². The van der Waals surface area contributed by atoms with Crippen molar-refractivity contribution in [2.75, 3.05) is 13.1 Å². The zero-order valence-electron chi connectivity index (χ0n) is 16.8. The van der Waals surface area contributed by atoms with Crippen LogP contribution >= 0.6 is 0 Å². The molecular weight excluding hydrogens is 351 g/mol. The molecule has 0 aliphatic rings. The van der Waals surface area contributed by atoms with E-state index < -0.39 is 29.0 Å². The van der Waals surface area contributed by atoms with Crippen molar-refractivity contribution in [1.82, 2.24) is 4.90 Å². The lowest BCUT2D eigenvalue weighted by Crippen LogP contribution is -2.39. The molecule has 0 aliphatic heterocycles. The van der Waals surface area contributed by atoms with Crippen molar-refractivity contribution in [2.45, 2.75) is 59.3 Å². The molecule has 0 heterocycles. The van der Waals surface area contributed by atoms with E-state index in [0.717, 1.165) is 6.07 Å². The fourth-order valence-electron chi connectivity index (χ4n) is 2.27. The Morgan fingerprint density at radius 3 is 1.89 bits per heavy atom. The van der Waals surface area contributed by atoms with Gasteiger partial charge in [0.25, 0.3) is 0 Å². The number of halogens is 1. The largest absolute Gasteiger partial charge is 0.459 e. The van der Waals surface area contributed by atoms with Gasteiger partial charge in [0.1, 0.15) is 17.0 Å². The van der Waals surface area contributed by atoms with Gasteiger partial charge in [-0.2, -0.15) is 5.26 Å². The van der Waals surface area contributed by atoms with Crippen LogP contribution in [0, 0.1) is 17.1 Å². The average molecular weight is 378 g/mol. The van der Waals surface area contributed by atoms with Crippen molar-refractivity contribution in [2.24, 2.45) is 0 Å². The van der Waals surface area contributed by atoms with Crippen LogP contribution in [0.4, 0.5) is 4.39 Å². The van der Waals surface area contributed by atoms with Crippen LogP contribution in [0.3, 0.4) is 0 Å². The molecule has 0 N–H and O–H groups in total. The Morgan fingerprint density at radius 2 is 1.52 bits per heavy atom. The minimum atomic E-state index is -0.672. The molecule has 1 aromatic rings. The maximum Gasteiger partial charge on any atom is 0.320 e. The van der Waals surface area contributed by atoms with Gasteiger partial charge in [-0.1, -0.05) is 6.07 Å². The maximum atomic E-state index is 14.2. The first kappa shape index (κ1) is 22.6. The molecule has 0 atom stereocenters. The van der Waals surface area contributed by atoms with E-state index in [1.807, 2.05) is 6.07 Å². The first-order chi connectivity index (χ1) is 12.3. The van der Waals surface area contributed by atoms with Gasteiger partial charge in [0.15, 0.2) is 0 Å². The number of esters is 2. The Balaban J connectivity index is 2.94. The van der Waals surface area contributed by atoms with E-state index in [2.05, 4.69) is 0 Å². The second-order valence-corrected chi connectivity index (χ2v) is 8.24. The predicted octanol–water partition coefficient (Wildman–Crippen LogP) is 3.18. The molecule has 6 nitrogen and oxygen atoms in total. The van der Waals surface area contributed by atoms with Crippen molar-refractivity contribution in [3.8, 4) is 6.07 Å². The third kappa shape index (κ3) is 9.15. The molecule has 0 unspecified atom stereocenters. The molecule has 0 spiro atoms. The fraction of sp³-hybridized carbons (Fsp3) is 0.550. The molecule has 148 valence electrons. The summed E-state index contributed by atoms with van der Waals surface area (Å²) < 4.78 is 24.8. The Kier molecular flexibility index (Phi) is 7.49. The zero-order valence-corrected chi connectivity index (χ0v) is 16.8. The maximum absolute atomic E-state index is 14.2. The number of hydrogen-bond acceptors (Lipinski definition) is 6. The second kappa shape index (κ2) is 8.96. The van der Waals surface area contributed by atoms with Gasteiger partial charge >= 0.3 is 11.9 Å². The van der Waals surface area contributed by atoms with Crippen molar-refractivity contribution in [3.05, 3.63) is 35.1 Å². The van der Waals surface area contributed by atoms with Gasteiger partial charge in [-0.25, -0.2) is 4.39 Å². The Morgan fingerprint density at radius 1 is 1.04 bits per heavy atom. The standard InChI is InChI=1S/C20H27FN2O4/c1-19(2,3)26-17(24)12-23(13-18(25)27-20(4,5)6)11-15-8-7-14(10-22)9-16(15)21/h7-9H,11-13H2,1-6H3.